The Morgan fingerprint density at radius 2 is 0.481 bits per heavy atom. The molecule has 0 fully saturated rings. The van der Waals surface area contributed by atoms with E-state index in [0.29, 0.717) is 19.3 Å². The molecule has 0 spiro atoms. The molecule has 0 saturated carbocycles. The van der Waals surface area contributed by atoms with Gasteiger partial charge in [0.25, 0.3) is 0 Å². The number of unbranched alkanes of at least 4 members (excludes halogenated alkanes) is 27. The number of carbonyl (C=O) groups is 3. The monoisotopic (exact) mass is 1120 g/mol. The van der Waals surface area contributed by atoms with Crippen LogP contribution < -0.4 is 0 Å². The average Bonchev–Trinajstić information content (AvgIpc) is 3.47. The maximum Gasteiger partial charge on any atom is 0.306 e. The van der Waals surface area contributed by atoms with Crippen LogP contribution in [0.2, 0.25) is 0 Å². The molecule has 0 aromatic rings. The number of esters is 3. The van der Waals surface area contributed by atoms with Gasteiger partial charge in [0.15, 0.2) is 6.10 Å². The summed E-state index contributed by atoms with van der Waals surface area (Å²) in [5.41, 5.74) is 0. The summed E-state index contributed by atoms with van der Waals surface area (Å²) >= 11 is 0. The van der Waals surface area contributed by atoms with Gasteiger partial charge in [-0.1, -0.05) is 302 Å². The SMILES string of the molecule is CC/C=C\C/C=C\C/C=C\C/C=C\C/C=C\C/C=C\C/C=C\CCCCCC(=O)OCC(COC(=O)CCCCCCCCCCCCCCCCC)OC(=O)CCCCCCCCCCCC/C=C\C/C=C\C/C=C\C/C=C\CC. The first-order chi connectivity index (χ1) is 40.0. The number of hydrogen-bond donors (Lipinski definition) is 0. The number of carbonyl (C=O) groups excluding carboxylic acids is 3. The van der Waals surface area contributed by atoms with Crippen molar-refractivity contribution in [2.75, 3.05) is 13.2 Å². The van der Waals surface area contributed by atoms with Crippen LogP contribution in [0.4, 0.5) is 0 Å². The molecule has 460 valence electrons. The highest BCUT2D eigenvalue weighted by Crippen LogP contribution is 2.16. The van der Waals surface area contributed by atoms with Crippen molar-refractivity contribution in [1.29, 1.82) is 0 Å². The fourth-order valence-corrected chi connectivity index (χ4v) is 9.18. The summed E-state index contributed by atoms with van der Waals surface area (Å²) in [6, 6.07) is 0. The van der Waals surface area contributed by atoms with Gasteiger partial charge < -0.3 is 14.2 Å². The van der Waals surface area contributed by atoms with Gasteiger partial charge in [0, 0.05) is 19.3 Å². The third kappa shape index (κ3) is 66.2. The molecule has 0 N–H and O–H groups in total. The van der Waals surface area contributed by atoms with Crippen LogP contribution in [0.5, 0.6) is 0 Å². The van der Waals surface area contributed by atoms with Crippen LogP contribution in [-0.2, 0) is 28.6 Å². The van der Waals surface area contributed by atoms with Crippen molar-refractivity contribution in [3.8, 4) is 0 Å². The standard InChI is InChI=1S/C75H124O6/c1-4-7-10-13-16-19-22-25-28-30-32-34-36-37-39-40-42-44-47-50-53-56-59-62-65-68-74(77)80-71-72(70-79-73(76)67-64-61-58-55-52-49-46-27-24-21-18-15-12-9-6-3)81-75(78)69-66-63-60-57-54-51-48-45-43-41-38-35-33-31-29-26-23-20-17-14-11-8-5-2/h7-8,10-11,16-17,19-20,25-26,28-29,32-35,37,39,42,44,50,53,72H,4-6,9,12-15,18,21-24,27,30-31,36,38,40-41,43,45-49,51-52,54-71H2,1-3H3/b10-7-,11-8-,19-16-,20-17-,28-25-,29-26-,34-32-,35-33-,39-37-,44-42-,53-50-. The molecule has 1 atom stereocenters. The molecular formula is C75H124O6. The lowest BCUT2D eigenvalue weighted by atomic mass is 10.0. The van der Waals surface area contributed by atoms with E-state index in [0.717, 1.165) is 135 Å². The highest BCUT2D eigenvalue weighted by Gasteiger charge is 2.19. The highest BCUT2D eigenvalue weighted by atomic mass is 16.6. The number of ether oxygens (including phenoxy) is 3. The summed E-state index contributed by atoms with van der Waals surface area (Å²) < 4.78 is 16.9. The molecule has 81 heavy (non-hydrogen) atoms. The Morgan fingerprint density at radius 3 is 0.765 bits per heavy atom. The number of rotatable bonds is 60. The fraction of sp³-hybridized carbons (Fsp3) is 0.667. The Hall–Kier alpha value is -4.45. The first kappa shape index (κ1) is 76.5. The van der Waals surface area contributed by atoms with Gasteiger partial charge in [0.1, 0.15) is 13.2 Å². The zero-order valence-corrected chi connectivity index (χ0v) is 52.8. The predicted octanol–water partition coefficient (Wildman–Crippen LogP) is 23.3. The summed E-state index contributed by atoms with van der Waals surface area (Å²) in [5, 5.41) is 0. The molecule has 0 saturated heterocycles. The maximum absolute atomic E-state index is 13.0. The Balaban J connectivity index is 4.44. The predicted molar refractivity (Wildman–Crippen MR) is 353 cm³/mol. The Morgan fingerprint density at radius 1 is 0.259 bits per heavy atom. The van der Waals surface area contributed by atoms with Crippen LogP contribution in [0, 0.1) is 0 Å². The van der Waals surface area contributed by atoms with Crippen molar-refractivity contribution in [3.05, 3.63) is 134 Å². The first-order valence-corrected chi connectivity index (χ1v) is 33.7. The van der Waals surface area contributed by atoms with E-state index in [2.05, 4.69) is 154 Å². The average molecular weight is 1120 g/mol. The van der Waals surface area contributed by atoms with Crippen molar-refractivity contribution in [2.24, 2.45) is 0 Å². The van der Waals surface area contributed by atoms with Gasteiger partial charge in [0.2, 0.25) is 0 Å². The van der Waals surface area contributed by atoms with E-state index < -0.39 is 6.10 Å². The summed E-state index contributed by atoms with van der Waals surface area (Å²) in [7, 11) is 0. The van der Waals surface area contributed by atoms with Gasteiger partial charge in [0.05, 0.1) is 0 Å². The van der Waals surface area contributed by atoms with Crippen LogP contribution >= 0.6 is 0 Å². The van der Waals surface area contributed by atoms with Gasteiger partial charge in [-0.05, 0) is 116 Å². The normalized spacial score (nSPS) is 13.0. The van der Waals surface area contributed by atoms with Crippen molar-refractivity contribution in [3.63, 3.8) is 0 Å². The molecule has 0 amide bonds. The summed E-state index contributed by atoms with van der Waals surface area (Å²) in [4.78, 5) is 38.4. The summed E-state index contributed by atoms with van der Waals surface area (Å²) in [6.45, 7) is 6.41. The van der Waals surface area contributed by atoms with Gasteiger partial charge in [-0.15, -0.1) is 0 Å². The van der Waals surface area contributed by atoms with Crippen molar-refractivity contribution in [1.82, 2.24) is 0 Å². The smallest absolute Gasteiger partial charge is 0.306 e. The Kier molecular flexibility index (Phi) is 64.3. The van der Waals surface area contributed by atoms with Crippen LogP contribution in [-0.4, -0.2) is 37.2 Å². The molecule has 0 aliphatic rings. The van der Waals surface area contributed by atoms with E-state index in [1.54, 1.807) is 0 Å². The van der Waals surface area contributed by atoms with Crippen molar-refractivity contribution >= 4 is 17.9 Å². The highest BCUT2D eigenvalue weighted by molar-refractivity contribution is 5.71. The quantitative estimate of drug-likeness (QED) is 0.0261. The van der Waals surface area contributed by atoms with Crippen molar-refractivity contribution in [2.45, 2.75) is 309 Å². The van der Waals surface area contributed by atoms with E-state index >= 15 is 0 Å². The molecule has 6 nitrogen and oxygen atoms in total. The lowest BCUT2D eigenvalue weighted by Crippen LogP contribution is -2.30. The molecular weight excluding hydrogens is 997 g/mol. The topological polar surface area (TPSA) is 78.9 Å². The molecule has 1 unspecified atom stereocenters. The largest absolute Gasteiger partial charge is 0.462 e. The van der Waals surface area contributed by atoms with Gasteiger partial charge in [-0.3, -0.25) is 14.4 Å². The number of hydrogen-bond acceptors (Lipinski definition) is 6. The molecule has 0 aromatic carbocycles. The minimum atomic E-state index is -0.799. The second kappa shape index (κ2) is 68.1. The maximum atomic E-state index is 13.0. The second-order valence-electron chi connectivity index (χ2n) is 22.0. The van der Waals surface area contributed by atoms with Gasteiger partial charge in [-0.2, -0.15) is 0 Å². The van der Waals surface area contributed by atoms with Crippen LogP contribution in [0.1, 0.15) is 303 Å². The Bertz CT molecular complexity index is 1720. The molecule has 0 rings (SSSR count). The zero-order valence-electron chi connectivity index (χ0n) is 52.8. The van der Waals surface area contributed by atoms with Crippen molar-refractivity contribution < 1.29 is 28.6 Å². The first-order valence-electron chi connectivity index (χ1n) is 33.7. The van der Waals surface area contributed by atoms with E-state index in [1.165, 1.54) is 128 Å². The zero-order chi connectivity index (χ0) is 58.5. The lowest BCUT2D eigenvalue weighted by molar-refractivity contribution is -0.167. The van der Waals surface area contributed by atoms with E-state index in [4.69, 9.17) is 14.2 Å². The van der Waals surface area contributed by atoms with E-state index in [9.17, 15) is 14.4 Å². The Labute approximate surface area is 500 Å². The molecule has 0 heterocycles. The summed E-state index contributed by atoms with van der Waals surface area (Å²) in [5.74, 6) is -0.922. The van der Waals surface area contributed by atoms with Crippen LogP contribution in [0.3, 0.4) is 0 Å². The summed E-state index contributed by atoms with van der Waals surface area (Å²) in [6.07, 6.45) is 96.0. The van der Waals surface area contributed by atoms with Gasteiger partial charge >= 0.3 is 17.9 Å². The van der Waals surface area contributed by atoms with E-state index in [-0.39, 0.29) is 31.1 Å². The van der Waals surface area contributed by atoms with Crippen LogP contribution in [0.15, 0.2) is 134 Å². The molecule has 0 aliphatic heterocycles. The molecule has 6 heteroatoms. The second-order valence-corrected chi connectivity index (χ2v) is 22.0. The molecule has 0 bridgehead atoms. The minimum Gasteiger partial charge on any atom is -0.462 e. The third-order valence-electron chi connectivity index (χ3n) is 14.2. The molecule has 0 aliphatic carbocycles. The fourth-order valence-electron chi connectivity index (χ4n) is 9.18. The number of allylic oxidation sites excluding steroid dienone is 22. The third-order valence-corrected chi connectivity index (χ3v) is 14.2. The molecule has 0 aromatic heterocycles. The van der Waals surface area contributed by atoms with Crippen LogP contribution in [0.25, 0.3) is 0 Å². The van der Waals surface area contributed by atoms with E-state index in [1.807, 2.05) is 0 Å². The minimum absolute atomic E-state index is 0.0913. The van der Waals surface area contributed by atoms with Gasteiger partial charge in [-0.25, -0.2) is 0 Å². The lowest BCUT2D eigenvalue weighted by Gasteiger charge is -2.18. The molecule has 0 radical (unpaired) electrons.